The zero-order valence-electron chi connectivity index (χ0n) is 15.2. The number of hydrogen-bond acceptors (Lipinski definition) is 5. The molecule has 144 valence electrons. The van der Waals surface area contributed by atoms with E-state index in [-0.39, 0.29) is 16.3 Å². The molecular weight excluding hydrogens is 410 g/mol. The van der Waals surface area contributed by atoms with Gasteiger partial charge in [-0.15, -0.1) is 11.3 Å². The molecule has 8 heteroatoms. The van der Waals surface area contributed by atoms with Crippen LogP contribution in [0.15, 0.2) is 60.7 Å². The van der Waals surface area contributed by atoms with Crippen molar-refractivity contribution in [1.82, 2.24) is 4.98 Å². The van der Waals surface area contributed by atoms with Crippen LogP contribution in [-0.4, -0.2) is 15.8 Å². The molecule has 1 aromatic heterocycles. The number of halogens is 1. The molecule has 1 heterocycles. The van der Waals surface area contributed by atoms with Gasteiger partial charge in [-0.2, -0.15) is 0 Å². The van der Waals surface area contributed by atoms with E-state index in [1.54, 1.807) is 23.5 Å². The van der Waals surface area contributed by atoms with E-state index in [0.717, 1.165) is 26.9 Å². The van der Waals surface area contributed by atoms with Crippen molar-refractivity contribution in [3.05, 3.63) is 86.9 Å². The first-order valence-corrected chi connectivity index (χ1v) is 9.83. The number of fused-ring (bicyclic) bond motifs is 1. The molecule has 29 heavy (non-hydrogen) atoms. The summed E-state index contributed by atoms with van der Waals surface area (Å²) in [5, 5.41) is 15.0. The third-order valence-electron chi connectivity index (χ3n) is 4.33. The summed E-state index contributed by atoms with van der Waals surface area (Å²) in [4.78, 5) is 27.7. The van der Waals surface area contributed by atoms with Crippen LogP contribution in [0.2, 0.25) is 5.02 Å². The Labute approximate surface area is 174 Å². The fourth-order valence-electron chi connectivity index (χ4n) is 2.90. The number of nitrogens with zero attached hydrogens (tertiary/aromatic N) is 2. The molecule has 0 atom stereocenters. The summed E-state index contributed by atoms with van der Waals surface area (Å²) in [5.41, 5.74) is 3.20. The third-order valence-corrected chi connectivity index (χ3v) is 5.64. The molecular formula is C21H14ClN3O3S. The highest BCUT2D eigenvalue weighted by Gasteiger charge is 2.20. The number of carbonyl (C=O) groups is 1. The first-order chi connectivity index (χ1) is 13.9. The molecule has 0 saturated carbocycles. The van der Waals surface area contributed by atoms with E-state index < -0.39 is 10.8 Å². The summed E-state index contributed by atoms with van der Waals surface area (Å²) in [6, 6.07) is 17.3. The molecule has 0 aliphatic carbocycles. The van der Waals surface area contributed by atoms with E-state index >= 15 is 0 Å². The maximum atomic E-state index is 12.5. The van der Waals surface area contributed by atoms with Gasteiger partial charge < -0.3 is 5.32 Å². The van der Waals surface area contributed by atoms with Crippen molar-refractivity contribution in [3.8, 4) is 10.6 Å². The average molecular weight is 424 g/mol. The van der Waals surface area contributed by atoms with Crippen molar-refractivity contribution >= 4 is 50.4 Å². The minimum atomic E-state index is -0.626. The van der Waals surface area contributed by atoms with Crippen LogP contribution >= 0.6 is 22.9 Å². The van der Waals surface area contributed by atoms with E-state index in [1.807, 2.05) is 31.2 Å². The first kappa shape index (κ1) is 19.0. The quantitative estimate of drug-likeness (QED) is 0.318. The minimum absolute atomic E-state index is 0.0509. The van der Waals surface area contributed by atoms with Gasteiger partial charge in [0.1, 0.15) is 10.6 Å². The summed E-state index contributed by atoms with van der Waals surface area (Å²) >= 11 is 7.40. The van der Waals surface area contributed by atoms with Crippen molar-refractivity contribution in [1.29, 1.82) is 0 Å². The van der Waals surface area contributed by atoms with Gasteiger partial charge in [-0.3, -0.25) is 14.9 Å². The lowest BCUT2D eigenvalue weighted by atomic mass is 10.1. The average Bonchev–Trinajstić information content (AvgIpc) is 3.11. The molecule has 0 bridgehead atoms. The Morgan fingerprint density at radius 2 is 1.86 bits per heavy atom. The van der Waals surface area contributed by atoms with E-state index in [9.17, 15) is 14.9 Å². The number of nitro benzene ring substituents is 1. The van der Waals surface area contributed by atoms with Crippen molar-refractivity contribution < 1.29 is 9.72 Å². The summed E-state index contributed by atoms with van der Waals surface area (Å²) < 4.78 is 1.12. The highest BCUT2D eigenvalue weighted by molar-refractivity contribution is 7.21. The second kappa shape index (κ2) is 7.62. The van der Waals surface area contributed by atoms with Gasteiger partial charge in [0.05, 0.1) is 15.1 Å². The molecule has 1 N–H and O–H groups in total. The van der Waals surface area contributed by atoms with Gasteiger partial charge in [-0.05, 0) is 61.0 Å². The Bertz CT molecular complexity index is 1250. The molecule has 6 nitrogen and oxygen atoms in total. The SMILES string of the molecule is Cc1ccc2nc(-c3ccc(NC(=O)c4ccc(Cl)cc4[N+](=O)[O-])cc3)sc2c1. The van der Waals surface area contributed by atoms with Crippen LogP contribution in [0.5, 0.6) is 0 Å². The standard InChI is InChI=1S/C21H14ClN3O3S/c1-12-2-9-17-19(10-12)29-21(24-17)13-3-6-15(7-4-13)23-20(26)16-8-5-14(22)11-18(16)25(27)28/h2-11H,1H3,(H,23,26). The Morgan fingerprint density at radius 3 is 2.59 bits per heavy atom. The Morgan fingerprint density at radius 1 is 1.10 bits per heavy atom. The van der Waals surface area contributed by atoms with Crippen molar-refractivity contribution in [2.45, 2.75) is 6.92 Å². The smallest absolute Gasteiger partial charge is 0.283 e. The maximum Gasteiger partial charge on any atom is 0.283 e. The van der Waals surface area contributed by atoms with Gasteiger partial charge in [0.15, 0.2) is 0 Å². The monoisotopic (exact) mass is 423 g/mol. The summed E-state index contributed by atoms with van der Waals surface area (Å²) in [5.74, 6) is -0.573. The van der Waals surface area contributed by atoms with Crippen molar-refractivity contribution in [2.24, 2.45) is 0 Å². The van der Waals surface area contributed by atoms with Gasteiger partial charge in [0.2, 0.25) is 0 Å². The molecule has 0 aliphatic rings. The lowest BCUT2D eigenvalue weighted by Crippen LogP contribution is -2.13. The number of nitro groups is 1. The molecule has 0 unspecified atom stereocenters. The van der Waals surface area contributed by atoms with Gasteiger partial charge >= 0.3 is 0 Å². The number of nitrogens with one attached hydrogen (secondary N) is 1. The third kappa shape index (κ3) is 3.96. The van der Waals surface area contributed by atoms with Gasteiger partial charge in [-0.1, -0.05) is 17.7 Å². The van der Waals surface area contributed by atoms with Crippen LogP contribution in [0.4, 0.5) is 11.4 Å². The fourth-order valence-corrected chi connectivity index (χ4v) is 4.13. The van der Waals surface area contributed by atoms with Crippen molar-refractivity contribution in [3.63, 3.8) is 0 Å². The number of benzene rings is 3. The number of hydrogen-bond donors (Lipinski definition) is 1. The van der Waals surface area contributed by atoms with Crippen LogP contribution < -0.4 is 5.32 Å². The first-order valence-electron chi connectivity index (χ1n) is 8.63. The second-order valence-corrected chi connectivity index (χ2v) is 7.91. The van der Waals surface area contributed by atoms with Crippen LogP contribution in [0.1, 0.15) is 15.9 Å². The minimum Gasteiger partial charge on any atom is -0.322 e. The van der Waals surface area contributed by atoms with Gasteiger partial charge in [0, 0.05) is 22.3 Å². The largest absolute Gasteiger partial charge is 0.322 e. The molecule has 3 aromatic carbocycles. The van der Waals surface area contributed by atoms with Gasteiger partial charge in [0.25, 0.3) is 11.6 Å². The van der Waals surface area contributed by atoms with Gasteiger partial charge in [-0.25, -0.2) is 4.98 Å². The molecule has 4 aromatic rings. The number of anilines is 1. The maximum absolute atomic E-state index is 12.5. The number of carbonyl (C=O) groups excluding carboxylic acids is 1. The Balaban J connectivity index is 1.56. The van der Waals surface area contributed by atoms with E-state index in [2.05, 4.69) is 16.4 Å². The molecule has 0 aliphatic heterocycles. The summed E-state index contributed by atoms with van der Waals surface area (Å²) in [6.07, 6.45) is 0. The molecule has 1 amide bonds. The zero-order chi connectivity index (χ0) is 20.5. The Hall–Kier alpha value is -3.29. The zero-order valence-corrected chi connectivity index (χ0v) is 16.8. The van der Waals surface area contributed by atoms with E-state index in [0.29, 0.717) is 5.69 Å². The molecule has 4 rings (SSSR count). The normalized spacial score (nSPS) is 10.8. The van der Waals surface area contributed by atoms with Crippen molar-refractivity contribution in [2.75, 3.05) is 5.32 Å². The summed E-state index contributed by atoms with van der Waals surface area (Å²) in [6.45, 7) is 2.04. The molecule has 0 fully saturated rings. The number of thiazole rings is 1. The van der Waals surface area contributed by atoms with E-state index in [4.69, 9.17) is 11.6 Å². The van der Waals surface area contributed by atoms with Crippen LogP contribution in [0.25, 0.3) is 20.8 Å². The summed E-state index contributed by atoms with van der Waals surface area (Å²) in [7, 11) is 0. The fraction of sp³-hybridized carbons (Fsp3) is 0.0476. The number of rotatable bonds is 4. The highest BCUT2D eigenvalue weighted by atomic mass is 35.5. The van der Waals surface area contributed by atoms with E-state index in [1.165, 1.54) is 17.7 Å². The lowest BCUT2D eigenvalue weighted by molar-refractivity contribution is -0.385. The predicted molar refractivity (Wildman–Crippen MR) is 116 cm³/mol. The second-order valence-electron chi connectivity index (χ2n) is 6.44. The number of aromatic nitrogens is 1. The molecule has 0 spiro atoms. The predicted octanol–water partition coefficient (Wildman–Crippen LogP) is 6.09. The van der Waals surface area contributed by atoms with Crippen LogP contribution in [0, 0.1) is 17.0 Å². The molecule has 0 saturated heterocycles. The topological polar surface area (TPSA) is 85.1 Å². The Kier molecular flexibility index (Phi) is 5.00. The number of amides is 1. The highest BCUT2D eigenvalue weighted by Crippen LogP contribution is 2.31. The molecule has 0 radical (unpaired) electrons. The van der Waals surface area contributed by atoms with Crippen LogP contribution in [-0.2, 0) is 0 Å². The van der Waals surface area contributed by atoms with Crippen LogP contribution in [0.3, 0.4) is 0 Å². The lowest BCUT2D eigenvalue weighted by Gasteiger charge is -2.07. The number of aryl methyl sites for hydroxylation is 1.